The molecule has 0 aromatic heterocycles. The standard InChI is InChI=1S/C58H62O4Si2/c1-43-40-52-53-34-35-56(62-64(49-28-16-7-17-29-49,50-30-18-8-19-31-50)51-32-20-9-21-33-51)57(53,3)38-37-54(52)58(42-60-44(2)59)39-36-45(41-55(43)58)61-63(46-22-10-4-11-23-46,47-24-12-5-13-25-47)48-26-14-6-15-27-48/h4-33,41,43,45,52-54,56H,34-40,42H2,1-3H3/t43?,45?,52-,53-,54+,56?,57-,58-/m0/s1. The summed E-state index contributed by atoms with van der Waals surface area (Å²) in [6, 6.07) is 66.1. The Bertz CT molecular complexity index is 2340. The van der Waals surface area contributed by atoms with E-state index in [1.807, 2.05) is 0 Å². The van der Waals surface area contributed by atoms with Crippen LogP contribution in [0.15, 0.2) is 194 Å². The molecular weight excluding hydrogens is 817 g/mol. The van der Waals surface area contributed by atoms with Crippen molar-refractivity contribution in [1.29, 1.82) is 0 Å². The first kappa shape index (κ1) is 42.8. The fraction of sp³-hybridized carbons (Fsp3) is 0.328. The maximum atomic E-state index is 12.8. The van der Waals surface area contributed by atoms with Crippen molar-refractivity contribution in [3.05, 3.63) is 194 Å². The maximum Gasteiger partial charge on any atom is 0.302 e. The molecular formula is C58H62O4Si2. The SMILES string of the molecule is CC(=O)OC[C@]12CCC(O[Si](c3ccccc3)(c3ccccc3)c3ccccc3)C=C1C(C)C[C@@H]1[C@H]2CC[C@]2(C)C(O[Si](c3ccccc3)(c3ccccc3)c3ccccc3)CC[C@@H]12. The lowest BCUT2D eigenvalue weighted by molar-refractivity contribution is -0.151. The Morgan fingerprint density at radius 3 is 1.39 bits per heavy atom. The number of ether oxygens (including phenoxy) is 1. The fourth-order valence-corrected chi connectivity index (χ4v) is 21.7. The Labute approximate surface area is 383 Å². The highest BCUT2D eigenvalue weighted by Crippen LogP contribution is 2.67. The summed E-state index contributed by atoms with van der Waals surface area (Å²) in [7, 11) is -5.87. The number of rotatable bonds is 12. The molecule has 3 saturated carbocycles. The van der Waals surface area contributed by atoms with Crippen LogP contribution in [0.25, 0.3) is 0 Å². The van der Waals surface area contributed by atoms with Gasteiger partial charge in [0.2, 0.25) is 0 Å². The van der Waals surface area contributed by atoms with E-state index in [0.717, 1.165) is 44.9 Å². The first-order chi connectivity index (χ1) is 31.3. The highest BCUT2D eigenvalue weighted by molar-refractivity contribution is 7.07. The van der Waals surface area contributed by atoms with Gasteiger partial charge in [-0.3, -0.25) is 4.79 Å². The van der Waals surface area contributed by atoms with Crippen LogP contribution in [0, 0.1) is 34.5 Å². The van der Waals surface area contributed by atoms with E-state index in [9.17, 15) is 4.79 Å². The van der Waals surface area contributed by atoms with Gasteiger partial charge < -0.3 is 13.6 Å². The third-order valence-electron chi connectivity index (χ3n) is 16.3. The highest BCUT2D eigenvalue weighted by Gasteiger charge is 2.63. The average molecular weight is 879 g/mol. The normalized spacial score (nSPS) is 27.6. The molecule has 3 fully saturated rings. The third-order valence-corrected chi connectivity index (χ3v) is 24.5. The topological polar surface area (TPSA) is 44.8 Å². The molecule has 4 aliphatic rings. The smallest absolute Gasteiger partial charge is 0.302 e. The van der Waals surface area contributed by atoms with Crippen molar-refractivity contribution in [2.24, 2.45) is 34.5 Å². The maximum absolute atomic E-state index is 12.8. The van der Waals surface area contributed by atoms with Crippen LogP contribution in [-0.4, -0.2) is 41.4 Å². The zero-order valence-corrected chi connectivity index (χ0v) is 39.7. The molecule has 6 aromatic carbocycles. The fourth-order valence-electron chi connectivity index (χ4n) is 13.5. The van der Waals surface area contributed by atoms with E-state index in [0.29, 0.717) is 30.3 Å². The van der Waals surface area contributed by atoms with E-state index in [-0.39, 0.29) is 29.0 Å². The lowest BCUT2D eigenvalue weighted by atomic mass is 9.45. The van der Waals surface area contributed by atoms with Gasteiger partial charge in [-0.05, 0) is 105 Å². The number of hydrogen-bond donors (Lipinski definition) is 0. The molecule has 4 nitrogen and oxygen atoms in total. The highest BCUT2D eigenvalue weighted by atomic mass is 28.4. The summed E-state index contributed by atoms with van der Waals surface area (Å²) >= 11 is 0. The monoisotopic (exact) mass is 878 g/mol. The molecule has 0 bridgehead atoms. The number of hydrogen-bond acceptors (Lipinski definition) is 4. The second-order valence-electron chi connectivity index (χ2n) is 19.6. The van der Waals surface area contributed by atoms with Gasteiger partial charge in [0, 0.05) is 12.3 Å². The first-order valence-corrected chi connectivity index (χ1v) is 27.6. The first-order valence-electron chi connectivity index (χ1n) is 23.8. The van der Waals surface area contributed by atoms with Gasteiger partial charge in [-0.15, -0.1) is 0 Å². The molecule has 6 aromatic rings. The van der Waals surface area contributed by atoms with Gasteiger partial charge in [-0.25, -0.2) is 0 Å². The van der Waals surface area contributed by atoms with Crippen LogP contribution in [0.3, 0.4) is 0 Å². The van der Waals surface area contributed by atoms with E-state index >= 15 is 0 Å². The van der Waals surface area contributed by atoms with E-state index in [2.05, 4.69) is 202 Å². The Morgan fingerprint density at radius 1 is 0.547 bits per heavy atom. The van der Waals surface area contributed by atoms with E-state index in [1.54, 1.807) is 6.92 Å². The van der Waals surface area contributed by atoms with Gasteiger partial charge in [-0.2, -0.15) is 0 Å². The minimum Gasteiger partial charge on any atom is -0.465 e. The van der Waals surface area contributed by atoms with E-state index in [4.69, 9.17) is 13.6 Å². The molecule has 4 aliphatic carbocycles. The van der Waals surface area contributed by atoms with Gasteiger partial charge in [0.1, 0.15) is 6.61 Å². The van der Waals surface area contributed by atoms with Gasteiger partial charge in [-0.1, -0.05) is 207 Å². The van der Waals surface area contributed by atoms with Gasteiger partial charge in [0.05, 0.1) is 12.2 Å². The lowest BCUT2D eigenvalue weighted by Gasteiger charge is -2.61. The molecule has 0 aliphatic heterocycles. The molecule has 10 rings (SSSR count). The Hall–Kier alpha value is -5.12. The molecule has 8 atom stereocenters. The van der Waals surface area contributed by atoms with Gasteiger partial charge in [0.25, 0.3) is 16.6 Å². The Morgan fingerprint density at radius 2 is 0.969 bits per heavy atom. The molecule has 64 heavy (non-hydrogen) atoms. The summed E-state index contributed by atoms with van der Waals surface area (Å²) < 4.78 is 22.1. The predicted molar refractivity (Wildman–Crippen MR) is 265 cm³/mol. The number of esters is 1. The molecule has 0 radical (unpaired) electrons. The second kappa shape index (κ2) is 17.7. The second-order valence-corrected chi connectivity index (χ2v) is 26.2. The van der Waals surface area contributed by atoms with Crippen molar-refractivity contribution in [1.82, 2.24) is 0 Å². The van der Waals surface area contributed by atoms with Crippen molar-refractivity contribution < 1.29 is 18.4 Å². The van der Waals surface area contributed by atoms with Crippen LogP contribution in [0.2, 0.25) is 0 Å². The van der Waals surface area contributed by atoms with Crippen LogP contribution in [0.1, 0.15) is 65.7 Å². The van der Waals surface area contributed by atoms with Crippen molar-refractivity contribution in [3.8, 4) is 0 Å². The van der Waals surface area contributed by atoms with Crippen molar-refractivity contribution in [2.75, 3.05) is 6.61 Å². The van der Waals surface area contributed by atoms with Crippen LogP contribution >= 0.6 is 0 Å². The largest absolute Gasteiger partial charge is 0.465 e. The molecule has 326 valence electrons. The summed E-state index contributed by atoms with van der Waals surface area (Å²) in [5, 5.41) is 7.65. The zero-order chi connectivity index (χ0) is 43.8. The van der Waals surface area contributed by atoms with Crippen LogP contribution in [0.5, 0.6) is 0 Å². The van der Waals surface area contributed by atoms with Gasteiger partial charge >= 0.3 is 5.97 Å². The molecule has 0 heterocycles. The number of carbonyl (C=O) groups excluding carboxylic acids is 1. The summed E-state index contributed by atoms with van der Waals surface area (Å²) in [4.78, 5) is 12.8. The molecule has 0 spiro atoms. The van der Waals surface area contributed by atoms with Crippen molar-refractivity contribution in [3.63, 3.8) is 0 Å². The van der Waals surface area contributed by atoms with Crippen LogP contribution in [-0.2, 0) is 18.4 Å². The molecule has 6 heteroatoms. The summed E-state index contributed by atoms with van der Waals surface area (Å²) in [5.41, 5.74) is 1.26. The summed E-state index contributed by atoms with van der Waals surface area (Å²) in [5.74, 6) is 1.60. The van der Waals surface area contributed by atoms with Crippen molar-refractivity contribution in [2.45, 2.75) is 77.9 Å². The minimum atomic E-state index is -2.95. The van der Waals surface area contributed by atoms with Crippen LogP contribution in [0.4, 0.5) is 0 Å². The lowest BCUT2D eigenvalue weighted by Crippen LogP contribution is -2.71. The van der Waals surface area contributed by atoms with Gasteiger partial charge in [0.15, 0.2) is 0 Å². The number of fused-ring (bicyclic) bond motifs is 5. The molecule has 0 N–H and O–H groups in total. The molecule has 3 unspecified atom stereocenters. The third kappa shape index (κ3) is 7.31. The Balaban J connectivity index is 1.01. The summed E-state index contributed by atoms with van der Waals surface area (Å²) in [6.45, 7) is 7.06. The summed E-state index contributed by atoms with van der Waals surface area (Å²) in [6.07, 6.45) is 9.95. The average Bonchev–Trinajstić information content (AvgIpc) is 3.69. The minimum absolute atomic E-state index is 0.0217. The van der Waals surface area contributed by atoms with Crippen LogP contribution < -0.4 is 31.1 Å². The predicted octanol–water partition coefficient (Wildman–Crippen LogP) is 8.84. The number of carbonyl (C=O) groups is 1. The van der Waals surface area contributed by atoms with E-state index < -0.39 is 16.6 Å². The molecule has 0 saturated heterocycles. The number of benzene rings is 6. The zero-order valence-electron chi connectivity index (χ0n) is 37.7. The molecule has 0 amide bonds. The van der Waals surface area contributed by atoms with Crippen molar-refractivity contribution >= 4 is 53.7 Å². The Kier molecular flexibility index (Phi) is 11.8. The quantitative estimate of drug-likeness (QED) is 0.0534. The van der Waals surface area contributed by atoms with E-state index in [1.165, 1.54) is 36.7 Å².